The SMILES string of the molecule is Cc1cc([N+](=O)[O-])c(Cl)cc1NC(=O)c1cncc(Br)c1. The van der Waals surface area contributed by atoms with Gasteiger partial charge in [0.2, 0.25) is 0 Å². The number of amides is 1. The Bertz CT molecular complexity index is 737. The van der Waals surface area contributed by atoms with Crippen LogP contribution in [0.1, 0.15) is 15.9 Å². The smallest absolute Gasteiger partial charge is 0.288 e. The number of anilines is 1. The highest BCUT2D eigenvalue weighted by Crippen LogP contribution is 2.30. The van der Waals surface area contributed by atoms with Crippen LogP contribution in [0.2, 0.25) is 5.02 Å². The summed E-state index contributed by atoms with van der Waals surface area (Å²) < 4.78 is 0.675. The number of carbonyl (C=O) groups is 1. The Morgan fingerprint density at radius 2 is 2.10 bits per heavy atom. The van der Waals surface area contributed by atoms with Crippen molar-refractivity contribution in [1.29, 1.82) is 0 Å². The second kappa shape index (κ2) is 6.19. The first-order valence-corrected chi connectivity index (χ1v) is 6.92. The summed E-state index contributed by atoms with van der Waals surface area (Å²) in [7, 11) is 0. The third kappa shape index (κ3) is 3.56. The summed E-state index contributed by atoms with van der Waals surface area (Å²) in [5.41, 5.74) is 1.12. The lowest BCUT2D eigenvalue weighted by Crippen LogP contribution is -2.13. The summed E-state index contributed by atoms with van der Waals surface area (Å²) in [6, 6.07) is 4.29. The Labute approximate surface area is 133 Å². The van der Waals surface area contributed by atoms with E-state index in [0.717, 1.165) is 0 Å². The number of hydrogen-bond acceptors (Lipinski definition) is 4. The number of nitrogens with one attached hydrogen (secondary N) is 1. The number of halogens is 2. The number of aromatic nitrogens is 1. The summed E-state index contributed by atoms with van der Waals surface area (Å²) in [5.74, 6) is -0.378. The molecule has 8 heteroatoms. The number of carbonyl (C=O) groups excluding carboxylic acids is 1. The van der Waals surface area contributed by atoms with Crippen LogP contribution in [0.25, 0.3) is 0 Å². The van der Waals surface area contributed by atoms with E-state index in [2.05, 4.69) is 26.2 Å². The van der Waals surface area contributed by atoms with Crippen LogP contribution in [0.5, 0.6) is 0 Å². The standard InChI is InChI=1S/C13H9BrClN3O3/c1-7-2-12(18(20)21)10(15)4-11(7)17-13(19)8-3-9(14)6-16-5-8/h2-6H,1H3,(H,17,19). The molecule has 2 rings (SSSR count). The third-order valence-electron chi connectivity index (χ3n) is 2.71. The first kappa shape index (κ1) is 15.4. The molecule has 0 unspecified atom stereocenters. The number of pyridine rings is 1. The average Bonchev–Trinajstić information content (AvgIpc) is 2.42. The maximum absolute atomic E-state index is 12.1. The molecule has 1 aromatic carbocycles. The van der Waals surface area contributed by atoms with Gasteiger partial charge in [0.25, 0.3) is 11.6 Å². The van der Waals surface area contributed by atoms with Gasteiger partial charge in [0.15, 0.2) is 0 Å². The molecular weight excluding hydrogens is 362 g/mol. The topological polar surface area (TPSA) is 85.1 Å². The van der Waals surface area contributed by atoms with Crippen LogP contribution in [0.15, 0.2) is 35.1 Å². The second-order valence-electron chi connectivity index (χ2n) is 4.22. The minimum atomic E-state index is -0.570. The minimum Gasteiger partial charge on any atom is -0.322 e. The van der Waals surface area contributed by atoms with E-state index in [9.17, 15) is 14.9 Å². The summed E-state index contributed by atoms with van der Waals surface area (Å²) in [5, 5.41) is 13.4. The lowest BCUT2D eigenvalue weighted by Gasteiger charge is -2.09. The number of hydrogen-bond donors (Lipinski definition) is 1. The zero-order chi connectivity index (χ0) is 15.6. The van der Waals surface area contributed by atoms with Gasteiger partial charge in [0.05, 0.1) is 10.5 Å². The van der Waals surface area contributed by atoms with Crippen molar-refractivity contribution in [1.82, 2.24) is 4.98 Å². The summed E-state index contributed by atoms with van der Waals surface area (Å²) in [6.45, 7) is 1.65. The molecule has 0 aliphatic heterocycles. The van der Waals surface area contributed by atoms with Crippen LogP contribution in [0.3, 0.4) is 0 Å². The molecule has 0 saturated heterocycles. The predicted octanol–water partition coefficient (Wildman–Crippen LogP) is 3.97. The van der Waals surface area contributed by atoms with Gasteiger partial charge in [-0.25, -0.2) is 0 Å². The monoisotopic (exact) mass is 369 g/mol. The molecule has 108 valence electrons. The van der Waals surface area contributed by atoms with Gasteiger partial charge in [0.1, 0.15) is 5.02 Å². The van der Waals surface area contributed by atoms with Gasteiger partial charge in [-0.3, -0.25) is 19.9 Å². The molecular formula is C13H9BrClN3O3. The molecule has 1 aromatic heterocycles. The van der Waals surface area contributed by atoms with Crippen molar-refractivity contribution in [2.75, 3.05) is 5.32 Å². The summed E-state index contributed by atoms with van der Waals surface area (Å²) in [4.78, 5) is 26.2. The number of benzene rings is 1. The van der Waals surface area contributed by atoms with E-state index in [1.807, 2.05) is 0 Å². The van der Waals surface area contributed by atoms with E-state index < -0.39 is 4.92 Å². The average molecular weight is 371 g/mol. The van der Waals surface area contributed by atoms with Crippen LogP contribution in [-0.4, -0.2) is 15.8 Å². The highest BCUT2D eigenvalue weighted by molar-refractivity contribution is 9.10. The Balaban J connectivity index is 2.30. The molecule has 1 amide bonds. The van der Waals surface area contributed by atoms with Gasteiger partial charge < -0.3 is 5.32 Å². The van der Waals surface area contributed by atoms with E-state index in [0.29, 0.717) is 21.3 Å². The zero-order valence-corrected chi connectivity index (χ0v) is 13.1. The van der Waals surface area contributed by atoms with Crippen molar-refractivity contribution in [3.8, 4) is 0 Å². The Morgan fingerprint density at radius 3 is 2.71 bits per heavy atom. The second-order valence-corrected chi connectivity index (χ2v) is 5.54. The molecule has 1 N–H and O–H groups in total. The van der Waals surface area contributed by atoms with Crippen molar-refractivity contribution in [2.45, 2.75) is 6.92 Å². The van der Waals surface area contributed by atoms with Crippen molar-refractivity contribution in [3.63, 3.8) is 0 Å². The highest BCUT2D eigenvalue weighted by Gasteiger charge is 2.16. The van der Waals surface area contributed by atoms with Gasteiger partial charge in [-0.2, -0.15) is 0 Å². The number of nitrogens with zero attached hydrogens (tertiary/aromatic N) is 2. The fourth-order valence-electron chi connectivity index (χ4n) is 1.67. The fraction of sp³-hybridized carbons (Fsp3) is 0.0769. The maximum Gasteiger partial charge on any atom is 0.288 e. The van der Waals surface area contributed by atoms with Gasteiger partial charge in [-0.05, 0) is 40.5 Å². The third-order valence-corrected chi connectivity index (χ3v) is 3.44. The number of rotatable bonds is 3. The van der Waals surface area contributed by atoms with Gasteiger partial charge >= 0.3 is 0 Å². The molecule has 0 aliphatic rings. The Kier molecular flexibility index (Phi) is 4.54. The molecule has 21 heavy (non-hydrogen) atoms. The summed E-state index contributed by atoms with van der Waals surface area (Å²) in [6.07, 6.45) is 2.98. The molecule has 0 spiro atoms. The molecule has 0 radical (unpaired) electrons. The van der Waals surface area contributed by atoms with E-state index in [1.165, 1.54) is 18.3 Å². The maximum atomic E-state index is 12.1. The normalized spacial score (nSPS) is 10.2. The molecule has 0 aliphatic carbocycles. The van der Waals surface area contributed by atoms with E-state index in [4.69, 9.17) is 11.6 Å². The molecule has 1 heterocycles. The molecule has 0 bridgehead atoms. The summed E-state index contributed by atoms with van der Waals surface area (Å²) >= 11 is 9.07. The lowest BCUT2D eigenvalue weighted by atomic mass is 10.1. The molecule has 2 aromatic rings. The van der Waals surface area contributed by atoms with E-state index in [-0.39, 0.29) is 16.6 Å². The minimum absolute atomic E-state index is 0.0340. The Hall–Kier alpha value is -1.99. The van der Waals surface area contributed by atoms with Crippen LogP contribution in [0, 0.1) is 17.0 Å². The zero-order valence-electron chi connectivity index (χ0n) is 10.8. The van der Waals surface area contributed by atoms with Gasteiger partial charge in [-0.1, -0.05) is 11.6 Å². The van der Waals surface area contributed by atoms with E-state index in [1.54, 1.807) is 19.2 Å². The van der Waals surface area contributed by atoms with Crippen LogP contribution >= 0.6 is 27.5 Å². The largest absolute Gasteiger partial charge is 0.322 e. The first-order chi connectivity index (χ1) is 9.88. The fourth-order valence-corrected chi connectivity index (χ4v) is 2.27. The lowest BCUT2D eigenvalue weighted by molar-refractivity contribution is -0.384. The molecule has 0 atom stereocenters. The Morgan fingerprint density at radius 1 is 1.38 bits per heavy atom. The van der Waals surface area contributed by atoms with Crippen molar-refractivity contribution in [3.05, 3.63) is 61.3 Å². The van der Waals surface area contributed by atoms with Crippen molar-refractivity contribution in [2.24, 2.45) is 0 Å². The van der Waals surface area contributed by atoms with Crippen LogP contribution < -0.4 is 5.32 Å². The molecule has 0 saturated carbocycles. The van der Waals surface area contributed by atoms with Crippen molar-refractivity contribution < 1.29 is 9.72 Å². The first-order valence-electron chi connectivity index (χ1n) is 5.75. The molecule has 0 fully saturated rings. The molecule has 6 nitrogen and oxygen atoms in total. The quantitative estimate of drug-likeness (QED) is 0.654. The van der Waals surface area contributed by atoms with Crippen LogP contribution in [-0.2, 0) is 0 Å². The van der Waals surface area contributed by atoms with Gasteiger partial charge in [-0.15, -0.1) is 0 Å². The predicted molar refractivity (Wildman–Crippen MR) is 82.7 cm³/mol. The number of nitro benzene ring substituents is 1. The van der Waals surface area contributed by atoms with Gasteiger partial charge in [0, 0.05) is 28.6 Å². The number of nitro groups is 1. The van der Waals surface area contributed by atoms with Crippen LogP contribution in [0.4, 0.5) is 11.4 Å². The van der Waals surface area contributed by atoms with E-state index >= 15 is 0 Å². The number of aryl methyl sites for hydroxylation is 1. The highest BCUT2D eigenvalue weighted by atomic mass is 79.9. The van der Waals surface area contributed by atoms with Crippen molar-refractivity contribution >= 4 is 44.8 Å².